The molecule has 2 aliphatic heterocycles. The van der Waals surface area contributed by atoms with Crippen molar-refractivity contribution in [3.05, 3.63) is 0 Å². The summed E-state index contributed by atoms with van der Waals surface area (Å²) in [7, 11) is 1.69. The first-order chi connectivity index (χ1) is 8.99. The van der Waals surface area contributed by atoms with Crippen molar-refractivity contribution >= 4 is 29.5 Å². The smallest absolute Gasteiger partial charge is 0.305 e. The molecule has 2 saturated heterocycles. The van der Waals surface area contributed by atoms with E-state index >= 15 is 0 Å². The predicted octanol–water partition coefficient (Wildman–Crippen LogP) is -0.117. The summed E-state index contributed by atoms with van der Waals surface area (Å²) in [5.74, 6) is 0.220. The molecule has 0 aromatic carbocycles. The maximum absolute atomic E-state index is 12.4. The standard InChI is InChI=1S/C12H18N2O4S/c1-13-6-8(4-10(13)15)12(18)14-2-3-19-7-9(14)5-11(16)17/h8-9H,2-7H2,1H3,(H,16,17). The van der Waals surface area contributed by atoms with E-state index in [1.807, 2.05) is 0 Å². The predicted molar refractivity (Wildman–Crippen MR) is 70.8 cm³/mol. The zero-order valence-electron chi connectivity index (χ0n) is 10.9. The van der Waals surface area contributed by atoms with Gasteiger partial charge in [0.25, 0.3) is 0 Å². The molecule has 2 heterocycles. The normalized spacial score (nSPS) is 27.7. The van der Waals surface area contributed by atoms with Crippen molar-refractivity contribution in [3.63, 3.8) is 0 Å². The summed E-state index contributed by atoms with van der Waals surface area (Å²) in [6, 6.07) is -0.246. The van der Waals surface area contributed by atoms with E-state index in [1.165, 1.54) is 0 Å². The number of thioether (sulfide) groups is 1. The maximum atomic E-state index is 12.4. The average molecular weight is 286 g/mol. The molecule has 6 nitrogen and oxygen atoms in total. The van der Waals surface area contributed by atoms with Gasteiger partial charge in [-0.1, -0.05) is 0 Å². The minimum Gasteiger partial charge on any atom is -0.481 e. The van der Waals surface area contributed by atoms with Gasteiger partial charge < -0.3 is 14.9 Å². The molecule has 0 saturated carbocycles. The highest BCUT2D eigenvalue weighted by Gasteiger charge is 2.38. The van der Waals surface area contributed by atoms with Crippen LogP contribution in [-0.4, -0.2) is 70.4 Å². The molecule has 106 valence electrons. The van der Waals surface area contributed by atoms with E-state index in [2.05, 4.69) is 0 Å². The Morgan fingerprint density at radius 1 is 1.47 bits per heavy atom. The lowest BCUT2D eigenvalue weighted by atomic mass is 10.0. The molecule has 2 aliphatic rings. The number of likely N-dealkylation sites (tertiary alicyclic amines) is 1. The molecule has 2 rings (SSSR count). The van der Waals surface area contributed by atoms with Crippen LogP contribution >= 0.6 is 11.8 Å². The highest BCUT2D eigenvalue weighted by atomic mass is 32.2. The van der Waals surface area contributed by atoms with Gasteiger partial charge >= 0.3 is 5.97 Å². The van der Waals surface area contributed by atoms with Gasteiger partial charge in [0, 0.05) is 38.1 Å². The minimum absolute atomic E-state index is 0.0143. The Hall–Kier alpha value is -1.24. The van der Waals surface area contributed by atoms with Crippen LogP contribution in [-0.2, 0) is 14.4 Å². The number of hydrogen-bond acceptors (Lipinski definition) is 4. The quantitative estimate of drug-likeness (QED) is 0.783. The van der Waals surface area contributed by atoms with Gasteiger partial charge in [-0.15, -0.1) is 0 Å². The molecule has 0 spiro atoms. The van der Waals surface area contributed by atoms with E-state index < -0.39 is 5.97 Å². The Bertz CT molecular complexity index is 401. The summed E-state index contributed by atoms with van der Waals surface area (Å²) in [6.45, 7) is 1.02. The lowest BCUT2D eigenvalue weighted by Gasteiger charge is -2.36. The lowest BCUT2D eigenvalue weighted by Crippen LogP contribution is -2.49. The second kappa shape index (κ2) is 5.81. The highest BCUT2D eigenvalue weighted by molar-refractivity contribution is 7.99. The fourth-order valence-electron chi connectivity index (χ4n) is 2.58. The third-order valence-electron chi connectivity index (χ3n) is 3.61. The molecule has 0 radical (unpaired) electrons. The van der Waals surface area contributed by atoms with Crippen molar-refractivity contribution in [2.75, 3.05) is 31.6 Å². The number of carbonyl (C=O) groups excluding carboxylic acids is 2. The molecule has 0 aromatic heterocycles. The van der Waals surface area contributed by atoms with Crippen molar-refractivity contribution in [2.45, 2.75) is 18.9 Å². The Kier molecular flexibility index (Phi) is 4.34. The zero-order chi connectivity index (χ0) is 14.0. The van der Waals surface area contributed by atoms with E-state index in [4.69, 9.17) is 5.11 Å². The van der Waals surface area contributed by atoms with Crippen LogP contribution in [0.3, 0.4) is 0 Å². The van der Waals surface area contributed by atoms with Gasteiger partial charge in [-0.3, -0.25) is 14.4 Å². The van der Waals surface area contributed by atoms with Crippen molar-refractivity contribution in [2.24, 2.45) is 5.92 Å². The third kappa shape index (κ3) is 3.20. The van der Waals surface area contributed by atoms with Crippen molar-refractivity contribution < 1.29 is 19.5 Å². The molecule has 2 fully saturated rings. The van der Waals surface area contributed by atoms with Crippen LogP contribution in [0.1, 0.15) is 12.8 Å². The van der Waals surface area contributed by atoms with Crippen LogP contribution in [0.5, 0.6) is 0 Å². The summed E-state index contributed by atoms with van der Waals surface area (Å²) in [6.07, 6.45) is 0.230. The van der Waals surface area contributed by atoms with Gasteiger partial charge in [-0.2, -0.15) is 11.8 Å². The van der Waals surface area contributed by atoms with Gasteiger partial charge in [0.05, 0.1) is 18.4 Å². The summed E-state index contributed by atoms with van der Waals surface area (Å²) < 4.78 is 0. The molecule has 2 atom stereocenters. The summed E-state index contributed by atoms with van der Waals surface area (Å²) in [5, 5.41) is 8.91. The third-order valence-corrected chi connectivity index (χ3v) is 4.70. The number of nitrogens with zero attached hydrogens (tertiary/aromatic N) is 2. The number of hydrogen-bond donors (Lipinski definition) is 1. The van der Waals surface area contributed by atoms with Gasteiger partial charge in [0.2, 0.25) is 11.8 Å². The second-order valence-electron chi connectivity index (χ2n) is 5.03. The summed E-state index contributed by atoms with van der Waals surface area (Å²) >= 11 is 1.68. The van der Waals surface area contributed by atoms with E-state index in [0.29, 0.717) is 18.8 Å². The number of carboxylic acids is 1. The number of amides is 2. The van der Waals surface area contributed by atoms with E-state index in [-0.39, 0.29) is 36.6 Å². The van der Waals surface area contributed by atoms with Crippen LogP contribution in [0.25, 0.3) is 0 Å². The summed E-state index contributed by atoms with van der Waals surface area (Å²) in [4.78, 5) is 38.0. The SMILES string of the molecule is CN1CC(C(=O)N2CCSCC2CC(=O)O)CC1=O. The van der Waals surface area contributed by atoms with Gasteiger partial charge in [0.15, 0.2) is 0 Å². The number of rotatable bonds is 3. The minimum atomic E-state index is -0.884. The first kappa shape index (κ1) is 14.2. The van der Waals surface area contributed by atoms with Crippen LogP contribution in [0.4, 0.5) is 0 Å². The number of carboxylic acid groups (broad SMARTS) is 1. The first-order valence-corrected chi connectivity index (χ1v) is 7.48. The van der Waals surface area contributed by atoms with Crippen LogP contribution in [0.15, 0.2) is 0 Å². The molecule has 0 bridgehead atoms. The monoisotopic (exact) mass is 286 g/mol. The zero-order valence-corrected chi connectivity index (χ0v) is 11.7. The van der Waals surface area contributed by atoms with Crippen molar-refractivity contribution in [1.82, 2.24) is 9.80 Å². The molecule has 0 aliphatic carbocycles. The van der Waals surface area contributed by atoms with Gasteiger partial charge in [-0.25, -0.2) is 0 Å². The number of aliphatic carboxylic acids is 1. The number of carbonyl (C=O) groups is 3. The van der Waals surface area contributed by atoms with E-state index in [1.54, 1.807) is 28.6 Å². The van der Waals surface area contributed by atoms with Crippen molar-refractivity contribution in [1.29, 1.82) is 0 Å². The summed E-state index contributed by atoms with van der Waals surface area (Å²) in [5.41, 5.74) is 0. The first-order valence-electron chi connectivity index (χ1n) is 6.33. The topological polar surface area (TPSA) is 77.9 Å². The molecule has 1 N–H and O–H groups in total. The van der Waals surface area contributed by atoms with Crippen LogP contribution in [0, 0.1) is 5.92 Å². The molecular formula is C12H18N2O4S. The molecule has 7 heteroatoms. The maximum Gasteiger partial charge on any atom is 0.305 e. The fraction of sp³-hybridized carbons (Fsp3) is 0.750. The highest BCUT2D eigenvalue weighted by Crippen LogP contribution is 2.25. The Balaban J connectivity index is 2.03. The average Bonchev–Trinajstić information content (AvgIpc) is 2.69. The van der Waals surface area contributed by atoms with Crippen molar-refractivity contribution in [3.8, 4) is 0 Å². The molecule has 0 aromatic rings. The largest absolute Gasteiger partial charge is 0.481 e. The fourth-order valence-corrected chi connectivity index (χ4v) is 3.64. The van der Waals surface area contributed by atoms with Gasteiger partial charge in [-0.05, 0) is 0 Å². The van der Waals surface area contributed by atoms with E-state index in [9.17, 15) is 14.4 Å². The van der Waals surface area contributed by atoms with E-state index in [0.717, 1.165) is 5.75 Å². The Morgan fingerprint density at radius 2 is 2.21 bits per heavy atom. The lowest BCUT2D eigenvalue weighted by molar-refractivity contribution is -0.142. The van der Waals surface area contributed by atoms with Crippen LogP contribution < -0.4 is 0 Å². The Morgan fingerprint density at radius 3 is 2.79 bits per heavy atom. The molecule has 2 unspecified atom stereocenters. The molecular weight excluding hydrogens is 268 g/mol. The van der Waals surface area contributed by atoms with Crippen LogP contribution in [0.2, 0.25) is 0 Å². The van der Waals surface area contributed by atoms with Gasteiger partial charge in [0.1, 0.15) is 0 Å². The Labute approximate surface area is 116 Å². The molecule has 2 amide bonds. The second-order valence-corrected chi connectivity index (χ2v) is 6.18. The molecule has 19 heavy (non-hydrogen) atoms.